The third-order valence-electron chi connectivity index (χ3n) is 5.91. The van der Waals surface area contributed by atoms with Crippen LogP contribution in [0.2, 0.25) is 0 Å². The maximum Gasteiger partial charge on any atom is 0.226 e. The molecule has 0 radical (unpaired) electrons. The third kappa shape index (κ3) is 3.39. The highest BCUT2D eigenvalue weighted by Crippen LogP contribution is 2.38. The van der Waals surface area contributed by atoms with Crippen molar-refractivity contribution in [1.29, 1.82) is 0 Å². The maximum atomic E-state index is 13.3. The summed E-state index contributed by atoms with van der Waals surface area (Å²) in [5.74, 6) is 1.68. The Balaban J connectivity index is 1.38. The van der Waals surface area contributed by atoms with Crippen molar-refractivity contribution >= 4 is 5.91 Å². The number of amides is 1. The van der Waals surface area contributed by atoms with Crippen LogP contribution < -0.4 is 0 Å². The lowest BCUT2D eigenvalue weighted by Crippen LogP contribution is -2.40. The molecule has 1 saturated carbocycles. The third-order valence-corrected chi connectivity index (χ3v) is 5.91. The number of aryl methyl sites for hydroxylation is 1. The Labute approximate surface area is 154 Å². The van der Waals surface area contributed by atoms with Gasteiger partial charge in [-0.25, -0.2) is 9.37 Å². The summed E-state index contributed by atoms with van der Waals surface area (Å²) in [4.78, 5) is 19.2. The Kier molecular flexibility index (Phi) is 4.79. The summed E-state index contributed by atoms with van der Waals surface area (Å²) < 4.78 is 15.7. The molecule has 2 aromatic rings. The van der Waals surface area contributed by atoms with E-state index in [1.807, 2.05) is 17.2 Å². The van der Waals surface area contributed by atoms with E-state index in [1.165, 1.54) is 42.9 Å². The van der Waals surface area contributed by atoms with Gasteiger partial charge >= 0.3 is 0 Å². The van der Waals surface area contributed by atoms with Crippen LogP contribution in [0.5, 0.6) is 0 Å². The second kappa shape index (κ2) is 7.22. The van der Waals surface area contributed by atoms with Crippen molar-refractivity contribution in [3.8, 4) is 0 Å². The molecule has 1 aliphatic carbocycles. The van der Waals surface area contributed by atoms with E-state index in [1.54, 1.807) is 6.07 Å². The molecule has 1 aromatic carbocycles. The van der Waals surface area contributed by atoms with Gasteiger partial charge < -0.3 is 9.47 Å². The molecular formula is C21H26FN3O. The van der Waals surface area contributed by atoms with E-state index in [2.05, 4.69) is 16.5 Å². The van der Waals surface area contributed by atoms with Gasteiger partial charge in [-0.15, -0.1) is 0 Å². The summed E-state index contributed by atoms with van der Waals surface area (Å²) in [7, 11) is 0. The zero-order valence-electron chi connectivity index (χ0n) is 15.3. The molecule has 0 spiro atoms. The monoisotopic (exact) mass is 355 g/mol. The van der Waals surface area contributed by atoms with Gasteiger partial charge in [-0.2, -0.15) is 0 Å². The second-order valence-corrected chi connectivity index (χ2v) is 7.67. The number of likely N-dealkylation sites (tertiary alicyclic amines) is 1. The minimum atomic E-state index is -0.284. The Morgan fingerprint density at radius 2 is 2.00 bits per heavy atom. The molecule has 1 aliphatic heterocycles. The number of rotatable bonds is 4. The number of halogens is 1. The largest absolute Gasteiger partial charge is 0.342 e. The number of imidazole rings is 1. The Hall–Kier alpha value is -2.17. The molecular weight excluding hydrogens is 329 g/mol. The number of piperidine rings is 1. The Bertz CT molecular complexity index is 788. The summed E-state index contributed by atoms with van der Waals surface area (Å²) in [6.45, 7) is 3.66. The molecule has 4 rings (SSSR count). The summed E-state index contributed by atoms with van der Waals surface area (Å²) in [6, 6.07) is 6.77. The maximum absolute atomic E-state index is 13.3. The lowest BCUT2D eigenvalue weighted by atomic mass is 9.84. The quantitative estimate of drug-likeness (QED) is 0.831. The predicted octanol–water partition coefficient (Wildman–Crippen LogP) is 4.00. The molecule has 26 heavy (non-hydrogen) atoms. The molecule has 2 heterocycles. The van der Waals surface area contributed by atoms with E-state index in [9.17, 15) is 9.18 Å². The molecule has 1 aromatic heterocycles. The van der Waals surface area contributed by atoms with Crippen LogP contribution >= 0.6 is 0 Å². The lowest BCUT2D eigenvalue weighted by molar-refractivity contribution is -0.131. The van der Waals surface area contributed by atoms with Crippen molar-refractivity contribution in [2.45, 2.75) is 57.4 Å². The van der Waals surface area contributed by atoms with Gasteiger partial charge in [0, 0.05) is 36.9 Å². The molecule has 1 saturated heterocycles. The zero-order chi connectivity index (χ0) is 18.1. The van der Waals surface area contributed by atoms with E-state index in [-0.39, 0.29) is 18.1 Å². The van der Waals surface area contributed by atoms with Gasteiger partial charge in [0.15, 0.2) is 0 Å². The molecule has 0 atom stereocenters. The first kappa shape index (κ1) is 17.3. The first-order valence-corrected chi connectivity index (χ1v) is 9.68. The van der Waals surface area contributed by atoms with Crippen molar-refractivity contribution in [3.63, 3.8) is 0 Å². The summed E-state index contributed by atoms with van der Waals surface area (Å²) in [5, 5.41) is 0. The number of carbonyl (C=O) groups excluding carboxylic acids is 1. The second-order valence-electron chi connectivity index (χ2n) is 7.67. The topological polar surface area (TPSA) is 38.1 Å². The zero-order valence-corrected chi connectivity index (χ0v) is 15.3. The highest BCUT2D eigenvalue weighted by Gasteiger charge is 2.30. The van der Waals surface area contributed by atoms with Gasteiger partial charge in [-0.1, -0.05) is 18.6 Å². The minimum absolute atomic E-state index is 0.0932. The number of aromatic nitrogens is 2. The summed E-state index contributed by atoms with van der Waals surface area (Å²) in [5.41, 5.74) is 1.98. The van der Waals surface area contributed by atoms with Crippen molar-refractivity contribution in [1.82, 2.24) is 14.5 Å². The highest BCUT2D eigenvalue weighted by atomic mass is 19.1. The van der Waals surface area contributed by atoms with Crippen molar-refractivity contribution < 1.29 is 9.18 Å². The number of hydrogen-bond acceptors (Lipinski definition) is 2. The van der Waals surface area contributed by atoms with Crippen molar-refractivity contribution in [3.05, 3.63) is 53.4 Å². The number of carbonyl (C=O) groups is 1. The van der Waals surface area contributed by atoms with Crippen LogP contribution in [-0.2, 0) is 11.2 Å². The molecule has 4 nitrogen and oxygen atoms in total. The van der Waals surface area contributed by atoms with Crippen molar-refractivity contribution in [2.24, 2.45) is 0 Å². The molecule has 0 bridgehead atoms. The van der Waals surface area contributed by atoms with Crippen molar-refractivity contribution in [2.75, 3.05) is 13.1 Å². The van der Waals surface area contributed by atoms with E-state index < -0.39 is 0 Å². The number of hydrogen-bond donors (Lipinski definition) is 0. The SMILES string of the molecule is Cc1cnc(C2CCC2)n1C1CCN(C(=O)Cc2cccc(F)c2)CC1. The predicted molar refractivity (Wildman–Crippen MR) is 98.5 cm³/mol. The first-order valence-electron chi connectivity index (χ1n) is 9.68. The fourth-order valence-corrected chi connectivity index (χ4v) is 4.22. The van der Waals surface area contributed by atoms with Crippen LogP contribution in [0.1, 0.15) is 61.1 Å². The van der Waals surface area contributed by atoms with E-state index in [0.29, 0.717) is 12.0 Å². The molecule has 1 amide bonds. The van der Waals surface area contributed by atoms with Gasteiger partial charge in [0.1, 0.15) is 11.6 Å². The van der Waals surface area contributed by atoms with Gasteiger partial charge in [0.05, 0.1) is 6.42 Å². The van der Waals surface area contributed by atoms with Crippen LogP contribution in [-0.4, -0.2) is 33.4 Å². The average molecular weight is 355 g/mol. The summed E-state index contributed by atoms with van der Waals surface area (Å²) in [6.07, 6.45) is 8.01. The van der Waals surface area contributed by atoms with E-state index in [4.69, 9.17) is 0 Å². The highest BCUT2D eigenvalue weighted by molar-refractivity contribution is 5.78. The van der Waals surface area contributed by atoms with E-state index in [0.717, 1.165) is 31.5 Å². The van der Waals surface area contributed by atoms with Gasteiger partial charge in [0.2, 0.25) is 5.91 Å². The van der Waals surface area contributed by atoms with Gasteiger partial charge in [-0.05, 0) is 50.3 Å². The van der Waals surface area contributed by atoms with Crippen LogP contribution in [0.4, 0.5) is 4.39 Å². The number of benzene rings is 1. The fraction of sp³-hybridized carbons (Fsp3) is 0.524. The van der Waals surface area contributed by atoms with Crippen LogP contribution in [0.3, 0.4) is 0 Å². The van der Waals surface area contributed by atoms with Crippen LogP contribution in [0, 0.1) is 12.7 Å². The fourth-order valence-electron chi connectivity index (χ4n) is 4.22. The minimum Gasteiger partial charge on any atom is -0.342 e. The molecule has 2 fully saturated rings. The smallest absolute Gasteiger partial charge is 0.226 e. The van der Waals surface area contributed by atoms with Gasteiger partial charge in [-0.3, -0.25) is 4.79 Å². The number of nitrogens with zero attached hydrogens (tertiary/aromatic N) is 3. The molecule has 0 N–H and O–H groups in total. The molecule has 2 aliphatic rings. The molecule has 0 unspecified atom stereocenters. The van der Waals surface area contributed by atoms with Crippen LogP contribution in [0.15, 0.2) is 30.5 Å². The van der Waals surface area contributed by atoms with Gasteiger partial charge in [0.25, 0.3) is 0 Å². The standard InChI is InChI=1S/C21H26FN3O/c1-15-14-23-21(17-5-3-6-17)25(15)19-8-10-24(11-9-19)20(26)13-16-4-2-7-18(22)12-16/h2,4,7,12,14,17,19H,3,5-6,8-11,13H2,1H3. The Morgan fingerprint density at radius 1 is 1.23 bits per heavy atom. The normalized spacial score (nSPS) is 18.8. The van der Waals surface area contributed by atoms with E-state index >= 15 is 0 Å². The van der Waals surface area contributed by atoms with Crippen LogP contribution in [0.25, 0.3) is 0 Å². The summed E-state index contributed by atoms with van der Waals surface area (Å²) >= 11 is 0. The lowest BCUT2D eigenvalue weighted by Gasteiger charge is -2.36. The average Bonchev–Trinajstić information content (AvgIpc) is 2.94. The first-order chi connectivity index (χ1) is 12.6. The molecule has 5 heteroatoms. The molecule has 138 valence electrons. The Morgan fingerprint density at radius 3 is 2.65 bits per heavy atom.